The van der Waals surface area contributed by atoms with Crippen LogP contribution in [0.2, 0.25) is 0 Å². The van der Waals surface area contributed by atoms with Crippen LogP contribution in [0, 0.1) is 0 Å². The summed E-state index contributed by atoms with van der Waals surface area (Å²) in [5.74, 6) is -1.58. The molecule has 0 aliphatic rings. The topological polar surface area (TPSA) is 57.2 Å². The van der Waals surface area contributed by atoms with E-state index in [-0.39, 0.29) is 40.0 Å². The molecule has 126 valence electrons. The summed E-state index contributed by atoms with van der Waals surface area (Å²) in [6.07, 6.45) is 0.0519. The Morgan fingerprint density at radius 1 is 0.905 bits per heavy atom. The minimum Gasteiger partial charge on any atom is -0.362 e. The normalized spacial score (nSPS) is 13.9. The Morgan fingerprint density at radius 3 is 1.71 bits per heavy atom. The molecule has 1 unspecified atom stereocenters. The maximum Gasteiger partial charge on any atom is 0.337 e. The van der Waals surface area contributed by atoms with Gasteiger partial charge in [-0.05, 0) is 48.0 Å². The molecule has 0 heterocycles. The van der Waals surface area contributed by atoms with E-state index >= 15 is 0 Å². The number of ether oxygens (including phenoxy) is 4. The van der Waals surface area contributed by atoms with Gasteiger partial charge in [-0.1, -0.05) is 13.3 Å². The summed E-state index contributed by atoms with van der Waals surface area (Å²) in [6.45, 7) is 13.6. The predicted octanol–water partition coefficient (Wildman–Crippen LogP) is 3.05. The molecule has 0 amide bonds. The predicted molar refractivity (Wildman–Crippen MR) is 78.3 cm³/mol. The van der Waals surface area contributed by atoms with Gasteiger partial charge in [0.25, 0.3) is 0 Å². The molecule has 0 bridgehead atoms. The van der Waals surface area contributed by atoms with Crippen molar-refractivity contribution in [1.29, 1.82) is 0 Å². The molecule has 0 spiro atoms. The molecule has 5 nitrogen and oxygen atoms in total. The molecule has 0 radical (unpaired) electrons. The van der Waals surface area contributed by atoms with Crippen LogP contribution in [0.15, 0.2) is 0 Å². The van der Waals surface area contributed by atoms with Crippen LogP contribution in [0.25, 0.3) is 0 Å². The van der Waals surface area contributed by atoms with Crippen LogP contribution in [0.5, 0.6) is 0 Å². The molecule has 21 heavy (non-hydrogen) atoms. The molecular weight excluding hydrogens is 308 g/mol. The fraction of sp³-hybridized carbons (Fsp3) is 1.00. The molecular formula is C15H32O5Ti. The van der Waals surface area contributed by atoms with Crippen molar-refractivity contribution in [3.8, 4) is 0 Å². The van der Waals surface area contributed by atoms with E-state index < -0.39 is 12.3 Å². The molecule has 0 aromatic heterocycles. The Morgan fingerprint density at radius 2 is 1.38 bits per heavy atom. The Labute approximate surface area is 144 Å². The summed E-state index contributed by atoms with van der Waals surface area (Å²) < 4.78 is 22.6. The fourth-order valence-corrected chi connectivity index (χ4v) is 1.64. The van der Waals surface area contributed by atoms with Gasteiger partial charge in [-0.15, -0.1) is 0 Å². The maximum absolute atomic E-state index is 10.3. The van der Waals surface area contributed by atoms with Crippen LogP contribution in [-0.4, -0.2) is 42.3 Å². The minimum absolute atomic E-state index is 0. The molecule has 0 aliphatic heterocycles. The van der Waals surface area contributed by atoms with Crippen LogP contribution in [0.4, 0.5) is 0 Å². The standard InChI is InChI=1S/C15H32O5.Ti/c1-8-9-10-17-15(19-12(4)5,20-13(6)7)14(16)18-11(2)3;/h11-14,16H,8-10H2,1-7H3;. The average molecular weight is 340 g/mol. The zero-order chi connectivity index (χ0) is 15.8. The third kappa shape index (κ3) is 10.0. The molecule has 0 saturated carbocycles. The van der Waals surface area contributed by atoms with Crippen molar-refractivity contribution in [2.45, 2.75) is 91.9 Å². The van der Waals surface area contributed by atoms with Crippen molar-refractivity contribution in [3.05, 3.63) is 0 Å². The van der Waals surface area contributed by atoms with Gasteiger partial charge in [-0.3, -0.25) is 0 Å². The summed E-state index contributed by atoms with van der Waals surface area (Å²) in [6, 6.07) is 0. The summed E-state index contributed by atoms with van der Waals surface area (Å²) in [7, 11) is 0. The van der Waals surface area contributed by atoms with Crippen molar-refractivity contribution in [2.75, 3.05) is 6.61 Å². The van der Waals surface area contributed by atoms with Crippen molar-refractivity contribution >= 4 is 0 Å². The number of hydrogen-bond donors (Lipinski definition) is 1. The second-order valence-corrected chi connectivity index (χ2v) is 5.68. The Bertz CT molecular complexity index is 236. The first-order valence-electron chi connectivity index (χ1n) is 7.56. The first-order chi connectivity index (χ1) is 9.23. The van der Waals surface area contributed by atoms with E-state index in [9.17, 15) is 5.11 Å². The molecule has 0 fully saturated rings. The molecule has 6 heteroatoms. The summed E-state index contributed by atoms with van der Waals surface area (Å²) >= 11 is 0. The fourth-order valence-electron chi connectivity index (χ4n) is 1.64. The summed E-state index contributed by atoms with van der Waals surface area (Å²) in [4.78, 5) is 0. The molecule has 1 atom stereocenters. The Balaban J connectivity index is 0. The molecule has 0 aromatic carbocycles. The molecule has 0 aromatic rings. The van der Waals surface area contributed by atoms with Gasteiger partial charge in [0.05, 0.1) is 24.9 Å². The third-order valence-electron chi connectivity index (χ3n) is 2.30. The van der Waals surface area contributed by atoms with Crippen LogP contribution < -0.4 is 0 Å². The van der Waals surface area contributed by atoms with Crippen molar-refractivity contribution in [2.24, 2.45) is 0 Å². The SMILES string of the molecule is CCCCOC(OC(C)C)(OC(C)C)C(O)OC(C)C.[Ti]. The van der Waals surface area contributed by atoms with E-state index in [2.05, 4.69) is 6.92 Å². The maximum atomic E-state index is 10.3. The average Bonchev–Trinajstić information content (AvgIpc) is 2.26. The second-order valence-electron chi connectivity index (χ2n) is 5.68. The number of rotatable bonds is 11. The molecule has 0 rings (SSSR count). The Hall–Kier alpha value is 0.514. The second kappa shape index (κ2) is 12.0. The van der Waals surface area contributed by atoms with Crippen LogP contribution in [0.3, 0.4) is 0 Å². The first kappa shape index (κ1) is 23.8. The van der Waals surface area contributed by atoms with Gasteiger partial charge in [-0.25, -0.2) is 0 Å². The van der Waals surface area contributed by atoms with Gasteiger partial charge in [0.15, 0.2) is 0 Å². The smallest absolute Gasteiger partial charge is 0.337 e. The number of unbranched alkanes of at least 4 members (excludes halogenated alkanes) is 1. The number of aliphatic hydroxyl groups excluding tert-OH is 1. The van der Waals surface area contributed by atoms with E-state index in [1.165, 1.54) is 0 Å². The van der Waals surface area contributed by atoms with E-state index in [4.69, 9.17) is 18.9 Å². The van der Waals surface area contributed by atoms with Crippen molar-refractivity contribution in [3.63, 3.8) is 0 Å². The van der Waals surface area contributed by atoms with Crippen molar-refractivity contribution in [1.82, 2.24) is 0 Å². The zero-order valence-corrected chi connectivity index (χ0v) is 16.1. The van der Waals surface area contributed by atoms with Gasteiger partial charge in [0.1, 0.15) is 0 Å². The quantitative estimate of drug-likeness (QED) is 0.356. The minimum atomic E-state index is -1.58. The van der Waals surface area contributed by atoms with Gasteiger partial charge in [-0.2, -0.15) is 0 Å². The molecule has 0 aliphatic carbocycles. The largest absolute Gasteiger partial charge is 0.362 e. The van der Waals surface area contributed by atoms with E-state index in [1.54, 1.807) is 0 Å². The zero-order valence-electron chi connectivity index (χ0n) is 14.5. The van der Waals surface area contributed by atoms with Gasteiger partial charge >= 0.3 is 5.97 Å². The first-order valence-corrected chi connectivity index (χ1v) is 7.56. The van der Waals surface area contributed by atoms with Gasteiger partial charge in [0.2, 0.25) is 6.29 Å². The number of aliphatic hydroxyl groups is 1. The Kier molecular flexibility index (Phi) is 13.6. The van der Waals surface area contributed by atoms with Crippen LogP contribution in [0.1, 0.15) is 61.3 Å². The van der Waals surface area contributed by atoms with E-state index in [0.717, 1.165) is 12.8 Å². The van der Waals surface area contributed by atoms with E-state index in [1.807, 2.05) is 41.5 Å². The van der Waals surface area contributed by atoms with E-state index in [0.29, 0.717) is 6.61 Å². The molecule has 1 N–H and O–H groups in total. The summed E-state index contributed by atoms with van der Waals surface area (Å²) in [5.41, 5.74) is 0. The summed E-state index contributed by atoms with van der Waals surface area (Å²) in [5, 5.41) is 10.3. The number of hydrogen-bond acceptors (Lipinski definition) is 5. The van der Waals surface area contributed by atoms with Gasteiger partial charge < -0.3 is 24.1 Å². The third-order valence-corrected chi connectivity index (χ3v) is 2.30. The van der Waals surface area contributed by atoms with Crippen molar-refractivity contribution < 1.29 is 45.8 Å². The van der Waals surface area contributed by atoms with Gasteiger partial charge in [0, 0.05) is 21.7 Å². The monoisotopic (exact) mass is 340 g/mol. The van der Waals surface area contributed by atoms with Crippen LogP contribution >= 0.6 is 0 Å². The molecule has 0 saturated heterocycles. The van der Waals surface area contributed by atoms with Crippen LogP contribution in [-0.2, 0) is 40.7 Å².